The molecule has 1 fully saturated rings. The summed E-state index contributed by atoms with van der Waals surface area (Å²) in [6.45, 7) is 0.560. The van der Waals surface area contributed by atoms with E-state index in [1.165, 1.54) is 0 Å². The lowest BCUT2D eigenvalue weighted by Crippen LogP contribution is -2.44. The van der Waals surface area contributed by atoms with Crippen LogP contribution in [0.4, 0.5) is 0 Å². The largest absolute Gasteiger partial charge is 0.326 e. The van der Waals surface area contributed by atoms with E-state index in [9.17, 15) is 4.79 Å². The average Bonchev–Trinajstić information content (AvgIpc) is 2.26. The Bertz CT molecular complexity index is 214. The molecule has 0 unspecified atom stereocenters. The number of hydrogen-bond donors (Lipinski definition) is 1. The number of nitrogens with two attached hydrogens (primary N) is 1. The summed E-state index contributed by atoms with van der Waals surface area (Å²) in [5.74, 6) is 0.223. The Kier molecular flexibility index (Phi) is 1.25. The summed E-state index contributed by atoms with van der Waals surface area (Å²) in [5.41, 5.74) is 5.40. The fourth-order valence-corrected chi connectivity index (χ4v) is 2.25. The summed E-state index contributed by atoms with van der Waals surface area (Å²) in [5, 5.41) is 0.381. The Morgan fingerprint density at radius 3 is 3.20 bits per heavy atom. The minimum Gasteiger partial charge on any atom is -0.326 e. The molecule has 2 aliphatic rings. The third-order valence-corrected chi connectivity index (χ3v) is 2.96. The number of fused-ring (bicyclic) bond motifs is 1. The molecule has 0 aromatic heterocycles. The molecule has 0 spiro atoms. The number of rotatable bonds is 1. The molecule has 2 heterocycles. The zero-order valence-corrected chi connectivity index (χ0v) is 6.23. The van der Waals surface area contributed by atoms with Crippen LogP contribution in [0.15, 0.2) is 11.1 Å². The van der Waals surface area contributed by atoms with Gasteiger partial charge >= 0.3 is 0 Å². The van der Waals surface area contributed by atoms with Crippen LogP contribution in [0.25, 0.3) is 0 Å². The Balaban J connectivity index is 2.12. The maximum Gasteiger partial charge on any atom is 0.230 e. The highest BCUT2D eigenvalue weighted by atomic mass is 32.2. The van der Waals surface area contributed by atoms with Gasteiger partial charge in [0, 0.05) is 17.6 Å². The lowest BCUT2D eigenvalue weighted by molar-refractivity contribution is -0.137. The summed E-state index contributed by atoms with van der Waals surface area (Å²) in [6.07, 6.45) is 2.55. The van der Waals surface area contributed by atoms with Gasteiger partial charge in [0.25, 0.3) is 0 Å². The monoisotopic (exact) mass is 156 g/mol. The fraction of sp³-hybridized carbons (Fsp3) is 0.500. The first-order valence-corrected chi connectivity index (χ1v) is 4.08. The van der Waals surface area contributed by atoms with Crippen molar-refractivity contribution in [1.29, 1.82) is 0 Å². The van der Waals surface area contributed by atoms with Crippen LogP contribution in [0.3, 0.4) is 0 Å². The van der Waals surface area contributed by atoms with E-state index in [1.54, 1.807) is 16.7 Å². The molecule has 0 radical (unpaired) electrons. The van der Waals surface area contributed by atoms with E-state index in [1.807, 2.05) is 6.20 Å². The Labute approximate surface area is 63.2 Å². The normalized spacial score (nSPS) is 29.7. The average molecular weight is 156 g/mol. The van der Waals surface area contributed by atoms with E-state index in [0.29, 0.717) is 18.3 Å². The molecule has 2 N–H and O–H groups in total. The minimum atomic E-state index is 0.223. The van der Waals surface area contributed by atoms with Crippen molar-refractivity contribution < 1.29 is 4.79 Å². The molecule has 4 heteroatoms. The van der Waals surface area contributed by atoms with Crippen molar-refractivity contribution in [3.63, 3.8) is 0 Å². The number of carbonyl (C=O) groups is 1. The first-order chi connectivity index (χ1) is 4.81. The van der Waals surface area contributed by atoms with E-state index >= 15 is 0 Å². The first-order valence-electron chi connectivity index (χ1n) is 3.20. The molecular formula is C6H8N2OS. The molecule has 1 amide bonds. The van der Waals surface area contributed by atoms with Crippen LogP contribution >= 0.6 is 11.8 Å². The highest BCUT2D eigenvalue weighted by Gasteiger charge is 2.39. The van der Waals surface area contributed by atoms with Crippen LogP contribution in [0, 0.1) is 0 Å². The number of carbonyl (C=O) groups excluding carboxylic acids is 1. The van der Waals surface area contributed by atoms with E-state index < -0.39 is 0 Å². The molecular weight excluding hydrogens is 148 g/mol. The van der Waals surface area contributed by atoms with E-state index in [-0.39, 0.29) is 5.91 Å². The molecule has 0 aromatic carbocycles. The molecule has 2 rings (SSSR count). The standard InChI is InChI=1S/C6H8N2OS/c7-2-4-3-8-5(9)1-6(8)10-4/h3,6H,1-2,7H2/t6-/m1/s1. The van der Waals surface area contributed by atoms with Crippen LogP contribution in [0.2, 0.25) is 0 Å². The number of amides is 1. The van der Waals surface area contributed by atoms with Crippen LogP contribution in [-0.4, -0.2) is 22.7 Å². The quantitative estimate of drug-likeness (QED) is 0.547. The van der Waals surface area contributed by atoms with Crippen molar-refractivity contribution in [3.05, 3.63) is 11.1 Å². The van der Waals surface area contributed by atoms with E-state index in [2.05, 4.69) is 0 Å². The van der Waals surface area contributed by atoms with Crippen LogP contribution in [-0.2, 0) is 4.79 Å². The second kappa shape index (κ2) is 2.00. The van der Waals surface area contributed by atoms with Gasteiger partial charge < -0.3 is 10.6 Å². The number of β-lactam (4-membered cyclic amide) rings is 1. The van der Waals surface area contributed by atoms with Gasteiger partial charge in [-0.2, -0.15) is 0 Å². The zero-order chi connectivity index (χ0) is 7.14. The molecule has 0 aliphatic carbocycles. The third-order valence-electron chi connectivity index (χ3n) is 1.72. The molecule has 3 nitrogen and oxygen atoms in total. The smallest absolute Gasteiger partial charge is 0.230 e. The molecule has 1 saturated heterocycles. The van der Waals surface area contributed by atoms with Crippen LogP contribution < -0.4 is 5.73 Å². The highest BCUT2D eigenvalue weighted by Crippen LogP contribution is 2.40. The predicted octanol–water partition coefficient (Wildman–Crippen LogP) is 0.0917. The Hall–Kier alpha value is -0.480. The van der Waals surface area contributed by atoms with Crippen molar-refractivity contribution in [1.82, 2.24) is 4.90 Å². The molecule has 0 bridgehead atoms. The van der Waals surface area contributed by atoms with Gasteiger partial charge in [-0.1, -0.05) is 0 Å². The van der Waals surface area contributed by atoms with Gasteiger partial charge in [-0.3, -0.25) is 4.79 Å². The maximum atomic E-state index is 10.8. The number of nitrogens with zero attached hydrogens (tertiary/aromatic N) is 1. The van der Waals surface area contributed by atoms with E-state index in [0.717, 1.165) is 4.91 Å². The van der Waals surface area contributed by atoms with Crippen molar-refractivity contribution >= 4 is 17.7 Å². The van der Waals surface area contributed by atoms with Crippen LogP contribution in [0.1, 0.15) is 6.42 Å². The predicted molar refractivity (Wildman–Crippen MR) is 40.0 cm³/mol. The second-order valence-corrected chi connectivity index (χ2v) is 3.68. The lowest BCUT2D eigenvalue weighted by Gasteiger charge is -2.31. The molecule has 54 valence electrons. The topological polar surface area (TPSA) is 46.3 Å². The summed E-state index contributed by atoms with van der Waals surface area (Å²) in [7, 11) is 0. The van der Waals surface area contributed by atoms with Gasteiger partial charge in [-0.25, -0.2) is 0 Å². The highest BCUT2D eigenvalue weighted by molar-refractivity contribution is 8.04. The van der Waals surface area contributed by atoms with Gasteiger partial charge in [0.05, 0.1) is 11.8 Å². The van der Waals surface area contributed by atoms with Crippen LogP contribution in [0.5, 0.6) is 0 Å². The van der Waals surface area contributed by atoms with Gasteiger partial charge in [-0.15, -0.1) is 11.8 Å². The Morgan fingerprint density at radius 2 is 2.70 bits per heavy atom. The van der Waals surface area contributed by atoms with Gasteiger partial charge in [0.2, 0.25) is 5.91 Å². The fourth-order valence-electron chi connectivity index (χ4n) is 1.12. The van der Waals surface area contributed by atoms with Gasteiger partial charge in [-0.05, 0) is 0 Å². The van der Waals surface area contributed by atoms with Crippen molar-refractivity contribution in [2.45, 2.75) is 11.8 Å². The van der Waals surface area contributed by atoms with Crippen molar-refractivity contribution in [2.75, 3.05) is 6.54 Å². The summed E-state index contributed by atoms with van der Waals surface area (Å²) < 4.78 is 0. The maximum absolute atomic E-state index is 10.8. The lowest BCUT2D eigenvalue weighted by atomic mass is 10.2. The SMILES string of the molecule is NCC1=CN2C(=O)C[C@H]2S1. The summed E-state index contributed by atoms with van der Waals surface area (Å²) >= 11 is 1.71. The van der Waals surface area contributed by atoms with Gasteiger partial charge in [0.15, 0.2) is 0 Å². The molecule has 10 heavy (non-hydrogen) atoms. The van der Waals surface area contributed by atoms with E-state index in [4.69, 9.17) is 5.73 Å². The second-order valence-electron chi connectivity index (χ2n) is 2.38. The molecule has 0 saturated carbocycles. The molecule has 2 aliphatic heterocycles. The van der Waals surface area contributed by atoms with Gasteiger partial charge in [0.1, 0.15) is 0 Å². The molecule has 0 aromatic rings. The minimum absolute atomic E-state index is 0.223. The summed E-state index contributed by atoms with van der Waals surface area (Å²) in [6, 6.07) is 0. The van der Waals surface area contributed by atoms with Crippen molar-refractivity contribution in [2.24, 2.45) is 5.73 Å². The molecule has 1 atom stereocenters. The number of hydrogen-bond acceptors (Lipinski definition) is 3. The van der Waals surface area contributed by atoms with Crippen molar-refractivity contribution in [3.8, 4) is 0 Å². The first kappa shape index (κ1) is 6.24. The summed E-state index contributed by atoms with van der Waals surface area (Å²) in [4.78, 5) is 13.7. The Morgan fingerprint density at radius 1 is 1.90 bits per heavy atom. The zero-order valence-electron chi connectivity index (χ0n) is 5.41. The third kappa shape index (κ3) is 0.690. The number of thioether (sulfide) groups is 1.